The lowest BCUT2D eigenvalue weighted by Gasteiger charge is -2.08. The van der Waals surface area contributed by atoms with Crippen LogP contribution in [0.15, 0.2) is 28.7 Å². The first kappa shape index (κ1) is 16.8. The SMILES string of the molecule is Nc1nc(-c2ccc(Cl)c(Cl)c2F)nc2cc(Br)c([N+](=O)[O-])cc12. The zero-order valence-electron chi connectivity index (χ0n) is 11.6. The highest BCUT2D eigenvalue weighted by atomic mass is 79.9. The maximum atomic E-state index is 14.3. The summed E-state index contributed by atoms with van der Waals surface area (Å²) >= 11 is 14.7. The van der Waals surface area contributed by atoms with Crippen molar-refractivity contribution in [2.45, 2.75) is 0 Å². The average Bonchev–Trinajstić information content (AvgIpc) is 2.51. The summed E-state index contributed by atoms with van der Waals surface area (Å²) in [6, 6.07) is 5.47. The van der Waals surface area contributed by atoms with Gasteiger partial charge in [0.05, 0.1) is 30.5 Å². The molecule has 0 aliphatic carbocycles. The second kappa shape index (κ2) is 6.12. The van der Waals surface area contributed by atoms with E-state index in [-0.39, 0.29) is 42.8 Å². The van der Waals surface area contributed by atoms with Gasteiger partial charge in [0.1, 0.15) is 5.82 Å². The number of aromatic nitrogens is 2. The number of anilines is 1. The molecule has 0 atom stereocenters. The van der Waals surface area contributed by atoms with Crippen LogP contribution in [-0.2, 0) is 0 Å². The lowest BCUT2D eigenvalue weighted by atomic mass is 10.1. The molecule has 3 aromatic rings. The number of nitro benzene ring substituents is 1. The molecule has 0 saturated heterocycles. The molecule has 0 unspecified atom stereocenters. The molecule has 0 aliphatic rings. The number of halogens is 4. The minimum absolute atomic E-state index is 0.00294. The largest absolute Gasteiger partial charge is 0.383 e. The molecule has 10 heteroatoms. The Balaban J connectivity index is 2.27. The molecule has 6 nitrogen and oxygen atoms in total. The Hall–Kier alpha value is -2.03. The van der Waals surface area contributed by atoms with E-state index >= 15 is 0 Å². The van der Waals surface area contributed by atoms with Gasteiger partial charge in [-0.3, -0.25) is 10.1 Å². The molecule has 0 saturated carbocycles. The quantitative estimate of drug-likeness (QED) is 0.350. The molecule has 122 valence electrons. The predicted octanol–water partition coefficient (Wildman–Crippen LogP) is 5.00. The number of fused-ring (bicyclic) bond motifs is 1. The standard InChI is InChI=1S/C14H6BrCl2FN4O2/c15-7-4-9-6(3-10(7)22(23)24)13(19)21-14(20-9)5-1-2-8(16)11(17)12(5)18/h1-4H,(H2,19,20,21). The summed E-state index contributed by atoms with van der Waals surface area (Å²) in [6.07, 6.45) is 0. The third-order valence-electron chi connectivity index (χ3n) is 3.27. The molecule has 2 aromatic carbocycles. The van der Waals surface area contributed by atoms with E-state index in [9.17, 15) is 14.5 Å². The van der Waals surface area contributed by atoms with Crippen LogP contribution >= 0.6 is 39.1 Å². The molecule has 0 amide bonds. The predicted molar refractivity (Wildman–Crippen MR) is 93.7 cm³/mol. The van der Waals surface area contributed by atoms with Gasteiger partial charge in [0.2, 0.25) is 0 Å². The first-order valence-corrected chi connectivity index (χ1v) is 7.89. The highest BCUT2D eigenvalue weighted by Crippen LogP contribution is 2.35. The van der Waals surface area contributed by atoms with Crippen LogP contribution in [0.5, 0.6) is 0 Å². The number of nitrogen functional groups attached to an aromatic ring is 1. The van der Waals surface area contributed by atoms with Gasteiger partial charge < -0.3 is 5.73 Å². The Morgan fingerprint density at radius 2 is 1.96 bits per heavy atom. The Morgan fingerprint density at radius 1 is 1.25 bits per heavy atom. The summed E-state index contributed by atoms with van der Waals surface area (Å²) in [6.45, 7) is 0. The van der Waals surface area contributed by atoms with E-state index in [4.69, 9.17) is 28.9 Å². The van der Waals surface area contributed by atoms with E-state index in [0.29, 0.717) is 5.52 Å². The lowest BCUT2D eigenvalue weighted by Crippen LogP contribution is -2.01. The van der Waals surface area contributed by atoms with Crippen LogP contribution < -0.4 is 5.73 Å². The van der Waals surface area contributed by atoms with Gasteiger partial charge in [0.15, 0.2) is 11.6 Å². The molecule has 1 aromatic heterocycles. The van der Waals surface area contributed by atoms with Crippen LogP contribution in [0, 0.1) is 15.9 Å². The first-order chi connectivity index (χ1) is 11.3. The third kappa shape index (κ3) is 2.77. The van der Waals surface area contributed by atoms with E-state index in [2.05, 4.69) is 25.9 Å². The van der Waals surface area contributed by atoms with Gasteiger partial charge in [-0.15, -0.1) is 0 Å². The normalized spacial score (nSPS) is 11.0. The number of nitrogens with zero attached hydrogens (tertiary/aromatic N) is 3. The molecule has 0 aliphatic heterocycles. The van der Waals surface area contributed by atoms with E-state index in [1.165, 1.54) is 24.3 Å². The monoisotopic (exact) mass is 430 g/mol. The van der Waals surface area contributed by atoms with Crippen LogP contribution in [0.3, 0.4) is 0 Å². The van der Waals surface area contributed by atoms with E-state index in [1.54, 1.807) is 0 Å². The van der Waals surface area contributed by atoms with Crippen molar-refractivity contribution in [3.63, 3.8) is 0 Å². The maximum Gasteiger partial charge on any atom is 0.284 e. The van der Waals surface area contributed by atoms with Gasteiger partial charge in [-0.2, -0.15) is 0 Å². The molecule has 24 heavy (non-hydrogen) atoms. The number of nitrogens with two attached hydrogens (primary N) is 1. The maximum absolute atomic E-state index is 14.3. The minimum Gasteiger partial charge on any atom is -0.383 e. The summed E-state index contributed by atoms with van der Waals surface area (Å²) in [5.74, 6) is -0.795. The summed E-state index contributed by atoms with van der Waals surface area (Å²) in [5, 5.41) is 11.1. The highest BCUT2D eigenvalue weighted by molar-refractivity contribution is 9.10. The number of nitro groups is 1. The van der Waals surface area contributed by atoms with E-state index in [0.717, 1.165) is 0 Å². The van der Waals surface area contributed by atoms with Crippen molar-refractivity contribution in [3.05, 3.63) is 54.7 Å². The second-order valence-electron chi connectivity index (χ2n) is 4.73. The molecular weight excluding hydrogens is 426 g/mol. The summed E-state index contributed by atoms with van der Waals surface area (Å²) in [7, 11) is 0. The Labute approximate surface area is 152 Å². The zero-order chi connectivity index (χ0) is 17.6. The van der Waals surface area contributed by atoms with E-state index in [1.807, 2.05) is 0 Å². The molecular formula is C14H6BrCl2FN4O2. The second-order valence-corrected chi connectivity index (χ2v) is 6.37. The van der Waals surface area contributed by atoms with Crippen LogP contribution in [-0.4, -0.2) is 14.9 Å². The van der Waals surface area contributed by atoms with Crippen LogP contribution in [0.1, 0.15) is 0 Å². The van der Waals surface area contributed by atoms with Gasteiger partial charge in [0, 0.05) is 11.5 Å². The molecule has 0 bridgehead atoms. The van der Waals surface area contributed by atoms with Crippen LogP contribution in [0.4, 0.5) is 15.9 Å². The highest BCUT2D eigenvalue weighted by Gasteiger charge is 2.19. The molecule has 0 spiro atoms. The first-order valence-electron chi connectivity index (χ1n) is 6.34. The topological polar surface area (TPSA) is 94.9 Å². The average molecular weight is 432 g/mol. The summed E-state index contributed by atoms with van der Waals surface area (Å²) < 4.78 is 14.5. The molecule has 3 rings (SSSR count). The van der Waals surface area contributed by atoms with Crippen molar-refractivity contribution in [3.8, 4) is 11.4 Å². The Bertz CT molecular complexity index is 1020. The van der Waals surface area contributed by atoms with Crippen molar-refractivity contribution in [1.82, 2.24) is 9.97 Å². The molecule has 0 radical (unpaired) electrons. The Kier molecular flexibility index (Phi) is 4.29. The fourth-order valence-corrected chi connectivity index (χ4v) is 2.91. The smallest absolute Gasteiger partial charge is 0.284 e. The van der Waals surface area contributed by atoms with Gasteiger partial charge >= 0.3 is 0 Å². The zero-order valence-corrected chi connectivity index (χ0v) is 14.7. The minimum atomic E-state index is -0.774. The number of benzene rings is 2. The third-order valence-corrected chi connectivity index (χ3v) is 4.68. The summed E-state index contributed by atoms with van der Waals surface area (Å²) in [4.78, 5) is 18.7. The van der Waals surface area contributed by atoms with E-state index < -0.39 is 10.7 Å². The van der Waals surface area contributed by atoms with Crippen molar-refractivity contribution in [2.75, 3.05) is 5.73 Å². The van der Waals surface area contributed by atoms with Crippen molar-refractivity contribution < 1.29 is 9.31 Å². The van der Waals surface area contributed by atoms with Crippen LogP contribution in [0.25, 0.3) is 22.3 Å². The Morgan fingerprint density at radius 3 is 2.62 bits per heavy atom. The van der Waals surface area contributed by atoms with Crippen molar-refractivity contribution >= 4 is 61.5 Å². The lowest BCUT2D eigenvalue weighted by molar-refractivity contribution is -0.385. The van der Waals surface area contributed by atoms with Crippen molar-refractivity contribution in [2.24, 2.45) is 0 Å². The van der Waals surface area contributed by atoms with Gasteiger partial charge in [-0.1, -0.05) is 23.2 Å². The number of hydrogen-bond acceptors (Lipinski definition) is 5. The molecule has 2 N–H and O–H groups in total. The molecule has 1 heterocycles. The van der Waals surface area contributed by atoms with Gasteiger partial charge in [-0.05, 0) is 34.1 Å². The fraction of sp³-hybridized carbons (Fsp3) is 0. The van der Waals surface area contributed by atoms with Gasteiger partial charge in [0.25, 0.3) is 5.69 Å². The number of hydrogen-bond donors (Lipinski definition) is 1. The van der Waals surface area contributed by atoms with Crippen LogP contribution in [0.2, 0.25) is 10.0 Å². The fourth-order valence-electron chi connectivity index (χ4n) is 2.12. The number of rotatable bonds is 2. The van der Waals surface area contributed by atoms with Gasteiger partial charge in [-0.25, -0.2) is 14.4 Å². The van der Waals surface area contributed by atoms with Crippen molar-refractivity contribution in [1.29, 1.82) is 0 Å². The molecule has 0 fully saturated rings. The summed E-state index contributed by atoms with van der Waals surface area (Å²) in [5.41, 5.74) is 6.03.